The van der Waals surface area contributed by atoms with Gasteiger partial charge in [0.2, 0.25) is 0 Å². The monoisotopic (exact) mass is 266 g/mol. The summed E-state index contributed by atoms with van der Waals surface area (Å²) in [5, 5.41) is 9.04. The Morgan fingerprint density at radius 1 is 1.47 bits per heavy atom. The average Bonchev–Trinajstić information content (AvgIpc) is 2.31. The Kier molecular flexibility index (Phi) is 4.77. The van der Waals surface area contributed by atoms with Crippen LogP contribution in [0, 0.1) is 5.82 Å². The van der Waals surface area contributed by atoms with E-state index < -0.39 is 0 Å². The molecule has 1 aromatic carbocycles. The summed E-state index contributed by atoms with van der Waals surface area (Å²) in [6.45, 7) is 2.73. The van der Waals surface area contributed by atoms with Crippen molar-refractivity contribution in [2.45, 2.75) is 44.7 Å². The molecule has 106 valence electrons. The first-order valence-electron chi connectivity index (χ1n) is 7.06. The van der Waals surface area contributed by atoms with Crippen LogP contribution in [0.2, 0.25) is 0 Å². The highest BCUT2D eigenvalue weighted by Gasteiger charge is 2.27. The average molecular weight is 266 g/mol. The molecule has 0 spiro atoms. The first-order chi connectivity index (χ1) is 9.15. The quantitative estimate of drug-likeness (QED) is 0.832. The van der Waals surface area contributed by atoms with Crippen LogP contribution in [-0.2, 0) is 0 Å². The number of hydrogen-bond acceptors (Lipinski definition) is 3. The molecule has 3 N–H and O–H groups in total. The molecule has 1 aliphatic rings. The molecule has 1 aliphatic carbocycles. The van der Waals surface area contributed by atoms with Gasteiger partial charge in [0.05, 0.1) is 0 Å². The van der Waals surface area contributed by atoms with Gasteiger partial charge in [0.15, 0.2) is 0 Å². The van der Waals surface area contributed by atoms with Crippen LogP contribution in [0.15, 0.2) is 18.2 Å². The lowest BCUT2D eigenvalue weighted by Gasteiger charge is -2.40. The number of aliphatic hydroxyl groups excluding tert-OH is 1. The second-order valence-electron chi connectivity index (χ2n) is 5.32. The SMILES string of the molecule is C[C@@H](N)c1c(F)cccc1N(CCCO)C1CCC1. The van der Waals surface area contributed by atoms with Gasteiger partial charge in [0.1, 0.15) is 5.82 Å². The van der Waals surface area contributed by atoms with Crippen LogP contribution in [0.25, 0.3) is 0 Å². The third-order valence-corrected chi connectivity index (χ3v) is 3.87. The lowest BCUT2D eigenvalue weighted by atomic mass is 9.90. The Balaban J connectivity index is 2.31. The zero-order valence-corrected chi connectivity index (χ0v) is 11.5. The van der Waals surface area contributed by atoms with Crippen molar-refractivity contribution < 1.29 is 9.50 Å². The van der Waals surface area contributed by atoms with E-state index in [1.807, 2.05) is 13.0 Å². The number of benzene rings is 1. The van der Waals surface area contributed by atoms with Crippen LogP contribution < -0.4 is 10.6 Å². The minimum absolute atomic E-state index is 0.159. The molecule has 0 radical (unpaired) electrons. The summed E-state index contributed by atoms with van der Waals surface area (Å²) in [7, 11) is 0. The molecule has 0 unspecified atom stereocenters. The number of nitrogens with two attached hydrogens (primary N) is 1. The van der Waals surface area contributed by atoms with Gasteiger partial charge in [-0.15, -0.1) is 0 Å². The van der Waals surface area contributed by atoms with Crippen molar-refractivity contribution >= 4 is 5.69 Å². The molecule has 1 fully saturated rings. The van der Waals surface area contributed by atoms with Gasteiger partial charge in [0.25, 0.3) is 0 Å². The van der Waals surface area contributed by atoms with Gasteiger partial charge in [0, 0.05) is 36.5 Å². The van der Waals surface area contributed by atoms with E-state index in [4.69, 9.17) is 10.8 Å². The normalized spacial score (nSPS) is 17.1. The molecule has 1 aromatic rings. The van der Waals surface area contributed by atoms with Gasteiger partial charge in [-0.05, 0) is 44.7 Å². The molecule has 0 amide bonds. The molecule has 1 atom stereocenters. The lowest BCUT2D eigenvalue weighted by molar-refractivity contribution is 0.282. The fraction of sp³-hybridized carbons (Fsp3) is 0.600. The Labute approximate surface area is 114 Å². The van der Waals surface area contributed by atoms with Crippen LogP contribution in [0.1, 0.15) is 44.2 Å². The summed E-state index contributed by atoms with van der Waals surface area (Å²) in [5.74, 6) is -0.235. The van der Waals surface area contributed by atoms with E-state index in [9.17, 15) is 4.39 Å². The number of nitrogens with zero attached hydrogens (tertiary/aromatic N) is 1. The van der Waals surface area contributed by atoms with E-state index in [1.165, 1.54) is 12.5 Å². The Morgan fingerprint density at radius 2 is 2.21 bits per heavy atom. The molecule has 1 saturated carbocycles. The van der Waals surface area contributed by atoms with Gasteiger partial charge in [-0.25, -0.2) is 4.39 Å². The lowest BCUT2D eigenvalue weighted by Crippen LogP contribution is -2.42. The second kappa shape index (κ2) is 6.35. The third-order valence-electron chi connectivity index (χ3n) is 3.87. The highest BCUT2D eigenvalue weighted by Crippen LogP contribution is 2.34. The summed E-state index contributed by atoms with van der Waals surface area (Å²) in [6, 6.07) is 5.28. The summed E-state index contributed by atoms with van der Waals surface area (Å²) < 4.78 is 14.0. The van der Waals surface area contributed by atoms with Gasteiger partial charge in [-0.2, -0.15) is 0 Å². The maximum atomic E-state index is 14.0. The number of anilines is 1. The molecular formula is C15H23FN2O. The molecule has 0 aromatic heterocycles. The van der Waals surface area contributed by atoms with Gasteiger partial charge < -0.3 is 15.7 Å². The van der Waals surface area contributed by atoms with Crippen LogP contribution in [0.3, 0.4) is 0 Å². The van der Waals surface area contributed by atoms with E-state index in [0.717, 1.165) is 25.1 Å². The minimum Gasteiger partial charge on any atom is -0.396 e. The Morgan fingerprint density at radius 3 is 2.74 bits per heavy atom. The molecular weight excluding hydrogens is 243 g/mol. The topological polar surface area (TPSA) is 49.5 Å². The van der Waals surface area contributed by atoms with Gasteiger partial charge in [-0.3, -0.25) is 0 Å². The molecule has 19 heavy (non-hydrogen) atoms. The van der Waals surface area contributed by atoms with Gasteiger partial charge >= 0.3 is 0 Å². The third kappa shape index (κ3) is 3.07. The first kappa shape index (κ1) is 14.3. The standard InChI is InChI=1S/C15H23FN2O/c1-11(17)15-13(16)7-3-8-14(15)18(9-4-10-19)12-5-2-6-12/h3,7-8,11-12,19H,2,4-6,9-10,17H2,1H3/t11-/m1/s1. The van der Waals surface area contributed by atoms with Crippen molar-refractivity contribution in [2.24, 2.45) is 5.73 Å². The summed E-state index contributed by atoms with van der Waals surface area (Å²) >= 11 is 0. The van der Waals surface area contributed by atoms with E-state index in [-0.39, 0.29) is 18.5 Å². The molecule has 2 rings (SSSR count). The largest absolute Gasteiger partial charge is 0.396 e. The van der Waals surface area contributed by atoms with E-state index in [2.05, 4.69) is 4.90 Å². The maximum absolute atomic E-state index is 14.0. The first-order valence-corrected chi connectivity index (χ1v) is 7.06. The second-order valence-corrected chi connectivity index (χ2v) is 5.32. The van der Waals surface area contributed by atoms with Crippen LogP contribution in [0.5, 0.6) is 0 Å². The Bertz CT molecular complexity index is 419. The summed E-state index contributed by atoms with van der Waals surface area (Å²) in [4.78, 5) is 2.22. The van der Waals surface area contributed by atoms with Crippen molar-refractivity contribution in [1.29, 1.82) is 0 Å². The van der Waals surface area contributed by atoms with Crippen LogP contribution in [0.4, 0.5) is 10.1 Å². The van der Waals surface area contributed by atoms with Crippen molar-refractivity contribution in [3.8, 4) is 0 Å². The number of aliphatic hydroxyl groups is 1. The maximum Gasteiger partial charge on any atom is 0.130 e. The molecule has 0 aliphatic heterocycles. The molecule has 0 heterocycles. The summed E-state index contributed by atoms with van der Waals surface area (Å²) in [6.07, 6.45) is 4.20. The zero-order valence-electron chi connectivity index (χ0n) is 11.5. The predicted molar refractivity (Wildman–Crippen MR) is 75.7 cm³/mol. The van der Waals surface area contributed by atoms with Crippen LogP contribution in [-0.4, -0.2) is 24.3 Å². The predicted octanol–water partition coefficient (Wildman–Crippen LogP) is 2.59. The highest BCUT2D eigenvalue weighted by atomic mass is 19.1. The number of rotatable bonds is 6. The minimum atomic E-state index is -0.326. The summed E-state index contributed by atoms with van der Waals surface area (Å²) in [5.41, 5.74) is 7.41. The fourth-order valence-corrected chi connectivity index (χ4v) is 2.67. The van der Waals surface area contributed by atoms with Crippen molar-refractivity contribution in [3.63, 3.8) is 0 Å². The molecule has 0 bridgehead atoms. The Hall–Kier alpha value is -1.13. The fourth-order valence-electron chi connectivity index (χ4n) is 2.67. The smallest absolute Gasteiger partial charge is 0.130 e. The van der Waals surface area contributed by atoms with E-state index in [1.54, 1.807) is 6.07 Å². The highest BCUT2D eigenvalue weighted by molar-refractivity contribution is 5.56. The van der Waals surface area contributed by atoms with Crippen LogP contribution >= 0.6 is 0 Å². The number of halogens is 1. The molecule has 4 heteroatoms. The van der Waals surface area contributed by atoms with Crippen molar-refractivity contribution in [3.05, 3.63) is 29.6 Å². The van der Waals surface area contributed by atoms with E-state index in [0.29, 0.717) is 18.0 Å². The number of hydrogen-bond donors (Lipinski definition) is 2. The molecule has 0 saturated heterocycles. The van der Waals surface area contributed by atoms with Gasteiger partial charge in [-0.1, -0.05) is 6.07 Å². The molecule has 3 nitrogen and oxygen atoms in total. The van der Waals surface area contributed by atoms with E-state index >= 15 is 0 Å². The van der Waals surface area contributed by atoms with Crippen molar-refractivity contribution in [2.75, 3.05) is 18.1 Å². The van der Waals surface area contributed by atoms with Crippen molar-refractivity contribution in [1.82, 2.24) is 0 Å². The zero-order chi connectivity index (χ0) is 13.8.